The SMILES string of the molecule is O=[N+]([O-])c1cc(Cl)cnc1NC1CCCCCC1O. The maximum atomic E-state index is 11.0. The number of aliphatic hydroxyl groups is 1. The van der Waals surface area contributed by atoms with Crippen molar-refractivity contribution >= 4 is 23.1 Å². The molecule has 2 rings (SSSR count). The van der Waals surface area contributed by atoms with Crippen LogP contribution in [0.25, 0.3) is 0 Å². The fourth-order valence-corrected chi connectivity index (χ4v) is 2.46. The van der Waals surface area contributed by atoms with E-state index in [1.54, 1.807) is 0 Å². The summed E-state index contributed by atoms with van der Waals surface area (Å²) >= 11 is 5.71. The van der Waals surface area contributed by atoms with Crippen LogP contribution in [0.3, 0.4) is 0 Å². The number of pyridine rings is 1. The van der Waals surface area contributed by atoms with E-state index in [2.05, 4.69) is 10.3 Å². The van der Waals surface area contributed by atoms with Crippen molar-refractivity contribution in [3.63, 3.8) is 0 Å². The standard InChI is InChI=1S/C12H16ClN3O3/c13-8-6-10(16(18)19)12(14-7-8)15-9-4-2-1-3-5-11(9)17/h6-7,9,11,17H,1-5H2,(H,14,15). The average molecular weight is 286 g/mol. The number of halogens is 1. The zero-order chi connectivity index (χ0) is 13.8. The highest BCUT2D eigenvalue weighted by Crippen LogP contribution is 2.28. The molecule has 0 radical (unpaired) electrons. The molecule has 1 fully saturated rings. The third-order valence-electron chi connectivity index (χ3n) is 3.33. The third-order valence-corrected chi connectivity index (χ3v) is 3.54. The maximum Gasteiger partial charge on any atom is 0.312 e. The van der Waals surface area contributed by atoms with E-state index in [9.17, 15) is 15.2 Å². The average Bonchev–Trinajstić information content (AvgIpc) is 2.57. The molecule has 0 bridgehead atoms. The number of rotatable bonds is 3. The molecule has 0 aromatic carbocycles. The highest BCUT2D eigenvalue weighted by atomic mass is 35.5. The van der Waals surface area contributed by atoms with Gasteiger partial charge in [0, 0.05) is 12.3 Å². The van der Waals surface area contributed by atoms with E-state index >= 15 is 0 Å². The highest BCUT2D eigenvalue weighted by molar-refractivity contribution is 6.30. The first-order chi connectivity index (χ1) is 9.08. The van der Waals surface area contributed by atoms with Gasteiger partial charge in [-0.2, -0.15) is 0 Å². The molecule has 0 saturated heterocycles. The van der Waals surface area contributed by atoms with Gasteiger partial charge in [0.1, 0.15) is 0 Å². The number of nitro groups is 1. The highest BCUT2D eigenvalue weighted by Gasteiger charge is 2.25. The Bertz CT molecular complexity index is 470. The third kappa shape index (κ3) is 3.54. The van der Waals surface area contributed by atoms with Crippen LogP contribution in [0.4, 0.5) is 11.5 Å². The van der Waals surface area contributed by atoms with Crippen molar-refractivity contribution in [1.29, 1.82) is 0 Å². The predicted molar refractivity (Wildman–Crippen MR) is 72.4 cm³/mol. The second-order valence-electron chi connectivity index (χ2n) is 4.73. The molecular weight excluding hydrogens is 270 g/mol. The van der Waals surface area contributed by atoms with Crippen LogP contribution in [-0.2, 0) is 0 Å². The summed E-state index contributed by atoms with van der Waals surface area (Å²) in [7, 11) is 0. The second-order valence-corrected chi connectivity index (χ2v) is 5.17. The molecule has 1 aromatic heterocycles. The molecule has 1 aliphatic carbocycles. The van der Waals surface area contributed by atoms with Gasteiger partial charge in [0.2, 0.25) is 5.82 Å². The van der Waals surface area contributed by atoms with Crippen molar-refractivity contribution in [3.05, 3.63) is 27.4 Å². The fraction of sp³-hybridized carbons (Fsp3) is 0.583. The lowest BCUT2D eigenvalue weighted by atomic mass is 10.1. The van der Waals surface area contributed by atoms with E-state index in [-0.39, 0.29) is 22.6 Å². The zero-order valence-electron chi connectivity index (χ0n) is 10.4. The van der Waals surface area contributed by atoms with Gasteiger partial charge in [0.25, 0.3) is 0 Å². The Kier molecular flexibility index (Phi) is 4.55. The van der Waals surface area contributed by atoms with Gasteiger partial charge in [0.05, 0.1) is 22.1 Å². The lowest BCUT2D eigenvalue weighted by molar-refractivity contribution is -0.384. The van der Waals surface area contributed by atoms with Crippen molar-refractivity contribution in [2.75, 3.05) is 5.32 Å². The zero-order valence-corrected chi connectivity index (χ0v) is 11.1. The van der Waals surface area contributed by atoms with Gasteiger partial charge in [-0.15, -0.1) is 0 Å². The van der Waals surface area contributed by atoms with Gasteiger partial charge in [0.15, 0.2) is 0 Å². The lowest BCUT2D eigenvalue weighted by Gasteiger charge is -2.22. The van der Waals surface area contributed by atoms with Crippen LogP contribution in [0.2, 0.25) is 5.02 Å². The Morgan fingerprint density at radius 2 is 2.16 bits per heavy atom. The van der Waals surface area contributed by atoms with Crippen LogP contribution in [0.15, 0.2) is 12.3 Å². The minimum Gasteiger partial charge on any atom is -0.391 e. The van der Waals surface area contributed by atoms with E-state index < -0.39 is 11.0 Å². The largest absolute Gasteiger partial charge is 0.391 e. The first-order valence-electron chi connectivity index (χ1n) is 6.32. The second kappa shape index (κ2) is 6.16. The number of anilines is 1. The molecule has 1 saturated carbocycles. The van der Waals surface area contributed by atoms with E-state index in [1.165, 1.54) is 12.3 Å². The van der Waals surface area contributed by atoms with Crippen molar-refractivity contribution in [2.45, 2.75) is 44.2 Å². The normalized spacial score (nSPS) is 23.7. The molecule has 6 nitrogen and oxygen atoms in total. The molecule has 0 spiro atoms. The topological polar surface area (TPSA) is 88.3 Å². The summed E-state index contributed by atoms with van der Waals surface area (Å²) in [6.07, 6.45) is 5.40. The smallest absolute Gasteiger partial charge is 0.312 e. The molecule has 2 unspecified atom stereocenters. The molecule has 2 atom stereocenters. The summed E-state index contributed by atoms with van der Waals surface area (Å²) in [5, 5.41) is 24.2. The summed E-state index contributed by atoms with van der Waals surface area (Å²) < 4.78 is 0. The Balaban J connectivity index is 2.19. The van der Waals surface area contributed by atoms with Gasteiger partial charge in [-0.25, -0.2) is 4.98 Å². The molecule has 104 valence electrons. The quantitative estimate of drug-likeness (QED) is 0.506. The number of nitrogens with zero attached hydrogens (tertiary/aromatic N) is 2. The summed E-state index contributed by atoms with van der Waals surface area (Å²) in [5.74, 6) is 0.167. The van der Waals surface area contributed by atoms with Crippen molar-refractivity contribution < 1.29 is 10.0 Å². The van der Waals surface area contributed by atoms with Crippen LogP contribution >= 0.6 is 11.6 Å². The van der Waals surface area contributed by atoms with E-state index in [0.29, 0.717) is 6.42 Å². The summed E-state index contributed by atoms with van der Waals surface area (Å²) in [4.78, 5) is 14.4. The van der Waals surface area contributed by atoms with Crippen LogP contribution in [0.5, 0.6) is 0 Å². The first kappa shape index (κ1) is 14.0. The Hall–Kier alpha value is -1.40. The van der Waals surface area contributed by atoms with Crippen molar-refractivity contribution in [1.82, 2.24) is 4.98 Å². The lowest BCUT2D eigenvalue weighted by Crippen LogP contribution is -2.33. The monoisotopic (exact) mass is 285 g/mol. The van der Waals surface area contributed by atoms with E-state index in [1.807, 2.05) is 0 Å². The molecule has 7 heteroatoms. The molecule has 0 aliphatic heterocycles. The van der Waals surface area contributed by atoms with Gasteiger partial charge in [-0.05, 0) is 12.8 Å². The van der Waals surface area contributed by atoms with Crippen LogP contribution < -0.4 is 5.32 Å². The maximum absolute atomic E-state index is 11.0. The van der Waals surface area contributed by atoms with Crippen molar-refractivity contribution in [3.8, 4) is 0 Å². The Labute approximate surface area is 116 Å². The molecule has 19 heavy (non-hydrogen) atoms. The Morgan fingerprint density at radius 1 is 1.42 bits per heavy atom. The van der Waals surface area contributed by atoms with Gasteiger partial charge >= 0.3 is 5.69 Å². The van der Waals surface area contributed by atoms with E-state index in [0.717, 1.165) is 25.7 Å². The van der Waals surface area contributed by atoms with Gasteiger partial charge < -0.3 is 10.4 Å². The number of aliphatic hydroxyl groups excluding tert-OH is 1. The minimum absolute atomic E-state index is 0.163. The Morgan fingerprint density at radius 3 is 2.89 bits per heavy atom. The molecule has 1 heterocycles. The minimum atomic E-state index is -0.524. The number of aromatic nitrogens is 1. The first-order valence-corrected chi connectivity index (χ1v) is 6.70. The van der Waals surface area contributed by atoms with Crippen LogP contribution in [-0.4, -0.2) is 27.2 Å². The number of hydrogen-bond acceptors (Lipinski definition) is 5. The van der Waals surface area contributed by atoms with Gasteiger partial charge in [-0.3, -0.25) is 10.1 Å². The van der Waals surface area contributed by atoms with Gasteiger partial charge in [-0.1, -0.05) is 30.9 Å². The van der Waals surface area contributed by atoms with Crippen LogP contribution in [0.1, 0.15) is 32.1 Å². The predicted octanol–water partition coefficient (Wildman–Crippen LogP) is 2.75. The fourth-order valence-electron chi connectivity index (χ4n) is 2.31. The molecular formula is C12H16ClN3O3. The number of hydrogen-bond donors (Lipinski definition) is 2. The summed E-state index contributed by atoms with van der Waals surface area (Å²) in [5.41, 5.74) is -0.163. The van der Waals surface area contributed by atoms with Crippen molar-refractivity contribution in [2.24, 2.45) is 0 Å². The molecule has 1 aliphatic rings. The summed E-state index contributed by atoms with van der Waals surface area (Å²) in [6.45, 7) is 0. The molecule has 0 amide bonds. The number of nitrogens with one attached hydrogen (secondary N) is 1. The van der Waals surface area contributed by atoms with E-state index in [4.69, 9.17) is 11.6 Å². The molecule has 1 aromatic rings. The van der Waals surface area contributed by atoms with Crippen LogP contribution in [0, 0.1) is 10.1 Å². The molecule has 2 N–H and O–H groups in total. The summed E-state index contributed by atoms with van der Waals surface area (Å²) in [6, 6.07) is 1.06.